The largest absolute Gasteiger partial charge is 0.481 e. The van der Waals surface area contributed by atoms with E-state index in [2.05, 4.69) is 10.6 Å². The topological polar surface area (TPSA) is 105 Å². The van der Waals surface area contributed by atoms with Gasteiger partial charge in [0.2, 0.25) is 0 Å². The summed E-state index contributed by atoms with van der Waals surface area (Å²) in [5.41, 5.74) is 0. The smallest absolute Gasteiger partial charge is 0.328 e. The van der Waals surface area contributed by atoms with E-state index in [1.54, 1.807) is 6.92 Å². The van der Waals surface area contributed by atoms with Gasteiger partial charge in [-0.05, 0) is 20.3 Å². The summed E-state index contributed by atoms with van der Waals surface area (Å²) in [6.45, 7) is 5.32. The predicted molar refractivity (Wildman–Crippen MR) is 68.7 cm³/mol. The fourth-order valence-electron chi connectivity index (χ4n) is 1.53. The summed E-state index contributed by atoms with van der Waals surface area (Å²) in [5.74, 6) is -1.50. The first-order chi connectivity index (χ1) is 8.90. The number of rotatable bonds is 8. The monoisotopic (exact) mass is 274 g/mol. The number of carbonyl (C=O) groups excluding carboxylic acids is 2. The lowest BCUT2D eigenvalue weighted by molar-refractivity contribution is -0.145. The molecule has 0 heterocycles. The van der Waals surface area contributed by atoms with Crippen LogP contribution in [0.15, 0.2) is 0 Å². The molecule has 3 N–H and O–H groups in total. The molecular formula is C12H22N2O5. The summed E-state index contributed by atoms with van der Waals surface area (Å²) >= 11 is 0. The summed E-state index contributed by atoms with van der Waals surface area (Å²) in [6.07, 6.45) is 1.17. The van der Waals surface area contributed by atoms with Crippen LogP contribution in [0.4, 0.5) is 4.79 Å². The van der Waals surface area contributed by atoms with Crippen LogP contribution in [0.3, 0.4) is 0 Å². The van der Waals surface area contributed by atoms with Crippen LogP contribution >= 0.6 is 0 Å². The Hall–Kier alpha value is -1.79. The zero-order chi connectivity index (χ0) is 14.8. The van der Waals surface area contributed by atoms with Gasteiger partial charge in [-0.2, -0.15) is 0 Å². The fourth-order valence-corrected chi connectivity index (χ4v) is 1.53. The van der Waals surface area contributed by atoms with E-state index in [0.29, 0.717) is 6.42 Å². The predicted octanol–water partition coefficient (Wildman–Crippen LogP) is 0.881. The molecule has 110 valence electrons. The van der Waals surface area contributed by atoms with Crippen LogP contribution in [0.1, 0.15) is 40.0 Å². The Morgan fingerprint density at radius 3 is 2.32 bits per heavy atom. The van der Waals surface area contributed by atoms with Crippen LogP contribution in [-0.4, -0.2) is 41.8 Å². The van der Waals surface area contributed by atoms with Crippen LogP contribution in [0.25, 0.3) is 0 Å². The highest BCUT2D eigenvalue weighted by Gasteiger charge is 2.19. The molecule has 0 rings (SSSR count). The summed E-state index contributed by atoms with van der Waals surface area (Å²) in [5, 5.41) is 13.7. The third-order valence-electron chi connectivity index (χ3n) is 2.38. The first-order valence-corrected chi connectivity index (χ1v) is 6.36. The zero-order valence-corrected chi connectivity index (χ0v) is 11.6. The minimum absolute atomic E-state index is 0.144. The second-order valence-corrected chi connectivity index (χ2v) is 4.17. The fraction of sp³-hybridized carbons (Fsp3) is 0.750. The van der Waals surface area contributed by atoms with E-state index in [0.717, 1.165) is 6.42 Å². The van der Waals surface area contributed by atoms with E-state index >= 15 is 0 Å². The molecule has 0 fully saturated rings. The maximum absolute atomic E-state index is 11.6. The van der Waals surface area contributed by atoms with Crippen molar-refractivity contribution in [2.75, 3.05) is 6.61 Å². The minimum atomic E-state index is -0.975. The lowest BCUT2D eigenvalue weighted by Gasteiger charge is -2.18. The van der Waals surface area contributed by atoms with Gasteiger partial charge in [-0.25, -0.2) is 9.59 Å². The molecule has 7 heteroatoms. The van der Waals surface area contributed by atoms with E-state index in [-0.39, 0.29) is 13.0 Å². The van der Waals surface area contributed by atoms with Crippen molar-refractivity contribution in [3.05, 3.63) is 0 Å². The van der Waals surface area contributed by atoms with Gasteiger partial charge in [0.1, 0.15) is 6.04 Å². The van der Waals surface area contributed by atoms with E-state index in [1.807, 2.05) is 6.92 Å². The van der Waals surface area contributed by atoms with Gasteiger partial charge >= 0.3 is 18.0 Å². The number of esters is 1. The van der Waals surface area contributed by atoms with E-state index < -0.39 is 30.1 Å². The summed E-state index contributed by atoms with van der Waals surface area (Å²) in [7, 11) is 0. The Kier molecular flexibility index (Phi) is 8.32. The number of nitrogens with one attached hydrogen (secondary N) is 2. The van der Waals surface area contributed by atoms with Crippen LogP contribution in [0.5, 0.6) is 0 Å². The maximum Gasteiger partial charge on any atom is 0.328 e. The molecule has 2 atom stereocenters. The third kappa shape index (κ3) is 8.01. The second kappa shape index (κ2) is 9.18. The van der Waals surface area contributed by atoms with Crippen molar-refractivity contribution in [2.24, 2.45) is 0 Å². The van der Waals surface area contributed by atoms with E-state index in [4.69, 9.17) is 9.84 Å². The maximum atomic E-state index is 11.6. The van der Waals surface area contributed by atoms with Crippen LogP contribution in [-0.2, 0) is 14.3 Å². The standard InChI is InChI=1S/C12H22N2O5/c1-4-6-9(7-10(15)16)14-12(18)13-8(3)11(17)19-5-2/h8-9H,4-7H2,1-3H3,(H,15,16)(H2,13,14,18). The van der Waals surface area contributed by atoms with Crippen LogP contribution < -0.4 is 10.6 Å². The molecule has 0 saturated carbocycles. The minimum Gasteiger partial charge on any atom is -0.481 e. The van der Waals surface area contributed by atoms with E-state index in [1.165, 1.54) is 6.92 Å². The van der Waals surface area contributed by atoms with Crippen molar-refractivity contribution in [1.29, 1.82) is 0 Å². The highest BCUT2D eigenvalue weighted by Crippen LogP contribution is 2.02. The SMILES string of the molecule is CCCC(CC(=O)O)NC(=O)NC(C)C(=O)OCC. The lowest BCUT2D eigenvalue weighted by Crippen LogP contribution is -2.48. The normalized spacial score (nSPS) is 13.2. The molecule has 0 saturated heterocycles. The van der Waals surface area contributed by atoms with Gasteiger partial charge in [-0.1, -0.05) is 13.3 Å². The molecule has 7 nitrogen and oxygen atoms in total. The molecule has 0 aromatic rings. The van der Waals surface area contributed by atoms with Gasteiger partial charge in [0.15, 0.2) is 0 Å². The number of carboxylic acids is 1. The Balaban J connectivity index is 4.24. The molecule has 0 aliphatic rings. The molecule has 0 aliphatic heterocycles. The highest BCUT2D eigenvalue weighted by atomic mass is 16.5. The van der Waals surface area contributed by atoms with Gasteiger partial charge in [0, 0.05) is 6.04 Å². The second-order valence-electron chi connectivity index (χ2n) is 4.17. The molecule has 0 aromatic carbocycles. The van der Waals surface area contributed by atoms with Gasteiger partial charge in [0.25, 0.3) is 0 Å². The molecule has 2 amide bonds. The van der Waals surface area contributed by atoms with Crippen molar-refractivity contribution in [2.45, 2.75) is 52.1 Å². The number of ether oxygens (including phenoxy) is 1. The molecular weight excluding hydrogens is 252 g/mol. The first-order valence-electron chi connectivity index (χ1n) is 6.36. The highest BCUT2D eigenvalue weighted by molar-refractivity contribution is 5.83. The van der Waals surface area contributed by atoms with Gasteiger partial charge in [0.05, 0.1) is 13.0 Å². The Bertz CT molecular complexity index is 319. The number of carboxylic acid groups (broad SMARTS) is 1. The van der Waals surface area contributed by atoms with Gasteiger partial charge in [-0.3, -0.25) is 4.79 Å². The summed E-state index contributed by atoms with van der Waals surface area (Å²) in [4.78, 5) is 33.6. The quantitative estimate of drug-likeness (QED) is 0.570. The summed E-state index contributed by atoms with van der Waals surface area (Å²) in [6, 6.07) is -1.79. The number of hydrogen-bond acceptors (Lipinski definition) is 4. The van der Waals surface area contributed by atoms with Crippen molar-refractivity contribution in [1.82, 2.24) is 10.6 Å². The first kappa shape index (κ1) is 17.2. The Morgan fingerprint density at radius 2 is 1.84 bits per heavy atom. The Morgan fingerprint density at radius 1 is 1.21 bits per heavy atom. The average molecular weight is 274 g/mol. The van der Waals surface area contributed by atoms with Crippen molar-refractivity contribution >= 4 is 18.0 Å². The molecule has 0 radical (unpaired) electrons. The molecule has 2 unspecified atom stereocenters. The zero-order valence-electron chi connectivity index (χ0n) is 11.6. The average Bonchev–Trinajstić information content (AvgIpc) is 2.28. The molecule has 0 bridgehead atoms. The summed E-state index contributed by atoms with van der Waals surface area (Å²) < 4.78 is 4.75. The number of urea groups is 1. The van der Waals surface area contributed by atoms with Gasteiger partial charge < -0.3 is 20.5 Å². The van der Waals surface area contributed by atoms with Crippen molar-refractivity contribution in [3.8, 4) is 0 Å². The molecule has 0 aromatic heterocycles. The van der Waals surface area contributed by atoms with Crippen LogP contribution in [0.2, 0.25) is 0 Å². The van der Waals surface area contributed by atoms with Gasteiger partial charge in [-0.15, -0.1) is 0 Å². The number of hydrogen-bond donors (Lipinski definition) is 3. The molecule has 19 heavy (non-hydrogen) atoms. The number of carbonyl (C=O) groups is 3. The molecule has 0 spiro atoms. The lowest BCUT2D eigenvalue weighted by atomic mass is 10.1. The van der Waals surface area contributed by atoms with E-state index in [9.17, 15) is 14.4 Å². The Labute approximate surface area is 112 Å². The third-order valence-corrected chi connectivity index (χ3v) is 2.38. The van der Waals surface area contributed by atoms with Crippen LogP contribution in [0, 0.1) is 0 Å². The van der Waals surface area contributed by atoms with Crippen molar-refractivity contribution < 1.29 is 24.2 Å². The van der Waals surface area contributed by atoms with Crippen molar-refractivity contribution in [3.63, 3.8) is 0 Å². The number of aliphatic carboxylic acids is 1. The number of amides is 2. The molecule has 0 aliphatic carbocycles.